The number of fused-ring (bicyclic) bond motifs is 1. The van der Waals surface area contributed by atoms with Crippen LogP contribution in [0.1, 0.15) is 12.8 Å². The van der Waals surface area contributed by atoms with E-state index in [1.165, 1.54) is 12.1 Å². The first kappa shape index (κ1) is 14.5. The van der Waals surface area contributed by atoms with Crippen molar-refractivity contribution < 1.29 is 9.34 Å². The number of hydrogen-bond donors (Lipinski definition) is 1. The number of hydrogen-bond acceptors (Lipinski definition) is 6. The molecule has 8 heteroatoms. The highest BCUT2D eigenvalue weighted by atomic mass is 35.5. The maximum atomic E-state index is 10.7. The van der Waals surface area contributed by atoms with Gasteiger partial charge in [-0.05, 0) is 18.9 Å². The van der Waals surface area contributed by atoms with Gasteiger partial charge in [0, 0.05) is 31.3 Å². The molecule has 0 bridgehead atoms. The Balaban J connectivity index is 0.00000147. The van der Waals surface area contributed by atoms with Crippen LogP contribution in [0, 0.1) is 10.1 Å². The molecule has 2 aromatic rings. The minimum absolute atomic E-state index is 0. The van der Waals surface area contributed by atoms with Crippen molar-refractivity contribution in [2.24, 2.45) is 5.73 Å². The molecule has 1 aliphatic heterocycles. The summed E-state index contributed by atoms with van der Waals surface area (Å²) in [7, 11) is 0. The van der Waals surface area contributed by atoms with Crippen molar-refractivity contribution in [1.82, 2.24) is 4.98 Å². The van der Waals surface area contributed by atoms with Gasteiger partial charge in [-0.1, -0.05) is 0 Å². The SMILES string of the molecule is Cl.NCC1CCCN1c1nc2cc([N+](=O)[O-])ccc2o1. The normalized spacial score (nSPS) is 18.2. The summed E-state index contributed by atoms with van der Waals surface area (Å²) in [6, 6.07) is 5.17. The second-order valence-corrected chi connectivity index (χ2v) is 4.63. The molecule has 108 valence electrons. The van der Waals surface area contributed by atoms with Crippen molar-refractivity contribution >= 4 is 35.2 Å². The first-order chi connectivity index (χ1) is 9.19. The Morgan fingerprint density at radius 1 is 1.55 bits per heavy atom. The minimum atomic E-state index is -0.438. The van der Waals surface area contributed by atoms with Gasteiger partial charge in [-0.2, -0.15) is 4.98 Å². The number of nitro benzene ring substituents is 1. The van der Waals surface area contributed by atoms with Crippen LogP contribution in [0.25, 0.3) is 11.1 Å². The monoisotopic (exact) mass is 298 g/mol. The fraction of sp³-hybridized carbons (Fsp3) is 0.417. The minimum Gasteiger partial charge on any atom is -0.423 e. The third kappa shape index (κ3) is 2.41. The molecule has 1 unspecified atom stereocenters. The topological polar surface area (TPSA) is 98.4 Å². The van der Waals surface area contributed by atoms with E-state index in [1.807, 2.05) is 4.90 Å². The van der Waals surface area contributed by atoms with Gasteiger partial charge in [-0.15, -0.1) is 12.4 Å². The number of halogens is 1. The lowest BCUT2D eigenvalue weighted by atomic mass is 10.2. The Morgan fingerprint density at radius 3 is 3.05 bits per heavy atom. The maximum absolute atomic E-state index is 10.7. The third-order valence-electron chi connectivity index (χ3n) is 3.47. The molecule has 0 radical (unpaired) electrons. The molecule has 2 heterocycles. The molecule has 1 atom stereocenters. The average Bonchev–Trinajstić information content (AvgIpc) is 3.03. The number of nitrogens with zero attached hydrogens (tertiary/aromatic N) is 3. The molecule has 1 aromatic heterocycles. The van der Waals surface area contributed by atoms with Crippen LogP contribution in [0.4, 0.5) is 11.7 Å². The first-order valence-electron chi connectivity index (χ1n) is 6.21. The molecule has 7 nitrogen and oxygen atoms in total. The molecular weight excluding hydrogens is 284 g/mol. The molecule has 20 heavy (non-hydrogen) atoms. The zero-order chi connectivity index (χ0) is 13.4. The third-order valence-corrected chi connectivity index (χ3v) is 3.47. The summed E-state index contributed by atoms with van der Waals surface area (Å²) in [5, 5.41) is 10.7. The van der Waals surface area contributed by atoms with Crippen LogP contribution in [0.15, 0.2) is 22.6 Å². The van der Waals surface area contributed by atoms with E-state index >= 15 is 0 Å². The summed E-state index contributed by atoms with van der Waals surface area (Å²) in [6.45, 7) is 1.41. The van der Waals surface area contributed by atoms with Crippen molar-refractivity contribution in [1.29, 1.82) is 0 Å². The lowest BCUT2D eigenvalue weighted by molar-refractivity contribution is -0.384. The molecule has 1 saturated heterocycles. The Bertz CT molecular complexity index is 630. The number of rotatable bonds is 3. The number of nitro groups is 1. The lowest BCUT2D eigenvalue weighted by Crippen LogP contribution is -2.35. The molecule has 0 saturated carbocycles. The molecule has 0 amide bonds. The first-order valence-corrected chi connectivity index (χ1v) is 6.21. The zero-order valence-corrected chi connectivity index (χ0v) is 11.5. The van der Waals surface area contributed by atoms with Crippen LogP contribution in [0.3, 0.4) is 0 Å². The van der Waals surface area contributed by atoms with E-state index in [-0.39, 0.29) is 24.1 Å². The highest BCUT2D eigenvalue weighted by Gasteiger charge is 2.27. The Kier molecular flexibility index (Phi) is 4.10. The summed E-state index contributed by atoms with van der Waals surface area (Å²) in [5.41, 5.74) is 6.80. The number of aromatic nitrogens is 1. The van der Waals surface area contributed by atoms with Crippen molar-refractivity contribution in [3.05, 3.63) is 28.3 Å². The zero-order valence-electron chi connectivity index (χ0n) is 10.7. The van der Waals surface area contributed by atoms with Crippen LogP contribution in [-0.4, -0.2) is 29.0 Å². The van der Waals surface area contributed by atoms with Gasteiger partial charge in [0.15, 0.2) is 5.58 Å². The molecule has 3 rings (SSSR count). The van der Waals surface area contributed by atoms with E-state index in [1.54, 1.807) is 6.07 Å². The summed E-state index contributed by atoms with van der Waals surface area (Å²) < 4.78 is 5.66. The van der Waals surface area contributed by atoms with Gasteiger partial charge in [0.2, 0.25) is 0 Å². The summed E-state index contributed by atoms with van der Waals surface area (Å²) in [6.07, 6.45) is 2.08. The molecular formula is C12H15ClN4O3. The molecule has 0 aliphatic carbocycles. The molecule has 1 aliphatic rings. The van der Waals surface area contributed by atoms with Crippen molar-refractivity contribution in [3.8, 4) is 0 Å². The summed E-state index contributed by atoms with van der Waals surface area (Å²) >= 11 is 0. The van der Waals surface area contributed by atoms with Crippen LogP contribution in [0.5, 0.6) is 0 Å². The van der Waals surface area contributed by atoms with Crippen molar-refractivity contribution in [2.45, 2.75) is 18.9 Å². The van der Waals surface area contributed by atoms with Crippen molar-refractivity contribution in [3.63, 3.8) is 0 Å². The van der Waals surface area contributed by atoms with Gasteiger partial charge >= 0.3 is 0 Å². The number of oxazole rings is 1. The van der Waals surface area contributed by atoms with Crippen LogP contribution in [0.2, 0.25) is 0 Å². The predicted molar refractivity (Wildman–Crippen MR) is 77.3 cm³/mol. The highest BCUT2D eigenvalue weighted by molar-refractivity contribution is 5.85. The molecule has 1 aromatic carbocycles. The average molecular weight is 299 g/mol. The molecule has 1 fully saturated rings. The number of benzene rings is 1. The van der Waals surface area contributed by atoms with Crippen LogP contribution < -0.4 is 10.6 Å². The van der Waals surface area contributed by atoms with E-state index in [2.05, 4.69) is 4.98 Å². The van der Waals surface area contributed by atoms with E-state index in [0.717, 1.165) is 19.4 Å². The highest BCUT2D eigenvalue weighted by Crippen LogP contribution is 2.29. The second kappa shape index (κ2) is 5.64. The molecule has 0 spiro atoms. The fourth-order valence-electron chi connectivity index (χ4n) is 2.47. The standard InChI is InChI=1S/C12H14N4O3.ClH/c13-7-9-2-1-5-15(9)12-14-10-6-8(16(17)18)3-4-11(10)19-12;/h3-4,6,9H,1-2,5,7,13H2;1H. The van der Waals surface area contributed by atoms with Gasteiger partial charge in [-0.3, -0.25) is 10.1 Å². The van der Waals surface area contributed by atoms with Gasteiger partial charge in [-0.25, -0.2) is 0 Å². The summed E-state index contributed by atoms with van der Waals surface area (Å²) in [4.78, 5) is 16.7. The van der Waals surface area contributed by atoms with Gasteiger partial charge < -0.3 is 15.1 Å². The van der Waals surface area contributed by atoms with Crippen molar-refractivity contribution in [2.75, 3.05) is 18.0 Å². The summed E-state index contributed by atoms with van der Waals surface area (Å²) in [5.74, 6) is 0. The second-order valence-electron chi connectivity index (χ2n) is 4.63. The number of nitrogens with two attached hydrogens (primary N) is 1. The van der Waals surface area contributed by atoms with E-state index in [4.69, 9.17) is 10.2 Å². The fourth-order valence-corrected chi connectivity index (χ4v) is 2.47. The van der Waals surface area contributed by atoms with Gasteiger partial charge in [0.1, 0.15) is 5.52 Å². The maximum Gasteiger partial charge on any atom is 0.298 e. The van der Waals surface area contributed by atoms with E-state index in [9.17, 15) is 10.1 Å². The number of non-ortho nitro benzene ring substituents is 1. The smallest absolute Gasteiger partial charge is 0.298 e. The Morgan fingerprint density at radius 2 is 2.35 bits per heavy atom. The van der Waals surface area contributed by atoms with Crippen LogP contribution >= 0.6 is 12.4 Å². The predicted octanol–water partition coefficient (Wildman–Crippen LogP) is 2.09. The largest absolute Gasteiger partial charge is 0.423 e. The Hall–Kier alpha value is -1.86. The van der Waals surface area contributed by atoms with E-state index in [0.29, 0.717) is 23.7 Å². The molecule has 2 N–H and O–H groups in total. The quantitative estimate of drug-likeness (QED) is 0.688. The lowest BCUT2D eigenvalue weighted by Gasteiger charge is -2.20. The van der Waals surface area contributed by atoms with E-state index < -0.39 is 4.92 Å². The van der Waals surface area contributed by atoms with Gasteiger partial charge in [0.05, 0.1) is 4.92 Å². The van der Waals surface area contributed by atoms with Crippen LogP contribution in [-0.2, 0) is 0 Å². The number of anilines is 1. The Labute approximate surface area is 121 Å². The van der Waals surface area contributed by atoms with Gasteiger partial charge in [0.25, 0.3) is 11.7 Å².